The van der Waals surface area contributed by atoms with Crippen molar-refractivity contribution in [2.45, 2.75) is 12.1 Å². The lowest BCUT2D eigenvalue weighted by atomic mass is 10.1. The van der Waals surface area contributed by atoms with Gasteiger partial charge in [-0.15, -0.1) is 24.8 Å². The summed E-state index contributed by atoms with van der Waals surface area (Å²) in [7, 11) is 0. The molecule has 0 amide bonds. The number of carbonyl (C=O) groups is 2. The third kappa shape index (κ3) is 4.10. The molecule has 0 aliphatic carbocycles. The summed E-state index contributed by atoms with van der Waals surface area (Å²) in [6.07, 6.45) is 0. The van der Waals surface area contributed by atoms with E-state index in [0.717, 1.165) is 0 Å². The Bertz CT molecular complexity index is 184. The van der Waals surface area contributed by atoms with Gasteiger partial charge in [0.05, 0.1) is 0 Å². The molecule has 0 aromatic carbocycles. The number of carboxylic acids is 2. The van der Waals surface area contributed by atoms with Crippen molar-refractivity contribution in [3.63, 3.8) is 0 Å². The predicted octanol–water partition coefficient (Wildman–Crippen LogP) is -1.07. The van der Waals surface area contributed by atoms with E-state index in [1.54, 1.807) is 0 Å². The smallest absolute Gasteiger partial charge is 0.322 e. The van der Waals surface area contributed by atoms with Crippen molar-refractivity contribution in [1.29, 1.82) is 0 Å². The quantitative estimate of drug-likeness (QED) is 0.496. The fourth-order valence-corrected chi connectivity index (χ4v) is 1.01. The topological polar surface area (TPSA) is 98.7 Å². The molecule has 1 fully saturated rings. The second-order valence-corrected chi connectivity index (χ2v) is 2.60. The first-order valence-electron chi connectivity index (χ1n) is 3.53. The SMILES string of the molecule is Cl.Cl.O=C(O)C1CNC(C(=O)O)CN1. The average Bonchev–Trinajstić information content (AvgIpc) is 2.04. The van der Waals surface area contributed by atoms with E-state index in [-0.39, 0.29) is 37.9 Å². The maximum absolute atomic E-state index is 10.4. The Morgan fingerprint density at radius 2 is 1.21 bits per heavy atom. The van der Waals surface area contributed by atoms with E-state index >= 15 is 0 Å². The van der Waals surface area contributed by atoms with Gasteiger partial charge in [0.25, 0.3) is 0 Å². The molecule has 0 aromatic heterocycles. The van der Waals surface area contributed by atoms with Gasteiger partial charge in [0.15, 0.2) is 0 Å². The molecule has 2 atom stereocenters. The summed E-state index contributed by atoms with van der Waals surface area (Å²) in [6.45, 7) is 0.290. The summed E-state index contributed by atoms with van der Waals surface area (Å²) in [5, 5.41) is 22.2. The largest absolute Gasteiger partial charge is 0.480 e. The molecule has 0 aromatic rings. The van der Waals surface area contributed by atoms with Crippen LogP contribution in [0.2, 0.25) is 0 Å². The Morgan fingerprint density at radius 3 is 1.36 bits per heavy atom. The lowest BCUT2D eigenvalue weighted by Gasteiger charge is -2.25. The molecule has 0 bridgehead atoms. The maximum Gasteiger partial charge on any atom is 0.322 e. The molecule has 14 heavy (non-hydrogen) atoms. The second kappa shape index (κ2) is 6.83. The van der Waals surface area contributed by atoms with Crippen LogP contribution in [0.25, 0.3) is 0 Å². The zero-order valence-corrected chi connectivity index (χ0v) is 8.73. The Labute approximate surface area is 92.9 Å². The van der Waals surface area contributed by atoms with E-state index in [4.69, 9.17) is 10.2 Å². The van der Waals surface area contributed by atoms with E-state index in [2.05, 4.69) is 10.6 Å². The molecule has 1 aliphatic rings. The summed E-state index contributed by atoms with van der Waals surface area (Å²) in [4.78, 5) is 20.8. The van der Waals surface area contributed by atoms with Crippen LogP contribution in [-0.2, 0) is 9.59 Å². The third-order valence-electron chi connectivity index (χ3n) is 1.73. The molecule has 1 heterocycles. The van der Waals surface area contributed by atoms with E-state index in [1.807, 2.05) is 0 Å². The highest BCUT2D eigenvalue weighted by Crippen LogP contribution is 1.93. The summed E-state index contributed by atoms with van der Waals surface area (Å²) in [6, 6.07) is -1.36. The van der Waals surface area contributed by atoms with Crippen molar-refractivity contribution in [3.8, 4) is 0 Å². The number of hydrogen-bond acceptors (Lipinski definition) is 4. The normalized spacial score (nSPS) is 25.4. The van der Waals surface area contributed by atoms with Crippen LogP contribution >= 0.6 is 24.8 Å². The number of halogens is 2. The number of nitrogens with one attached hydrogen (secondary N) is 2. The van der Waals surface area contributed by atoms with Crippen LogP contribution in [0, 0.1) is 0 Å². The van der Waals surface area contributed by atoms with E-state index in [0.29, 0.717) is 0 Å². The van der Waals surface area contributed by atoms with Gasteiger partial charge in [0.1, 0.15) is 12.1 Å². The molecule has 84 valence electrons. The molecule has 8 heteroatoms. The molecule has 1 saturated heterocycles. The van der Waals surface area contributed by atoms with Crippen LogP contribution in [0.1, 0.15) is 0 Å². The van der Waals surface area contributed by atoms with Crippen molar-refractivity contribution in [2.24, 2.45) is 0 Å². The predicted molar refractivity (Wildman–Crippen MR) is 53.3 cm³/mol. The third-order valence-corrected chi connectivity index (χ3v) is 1.73. The molecule has 4 N–H and O–H groups in total. The fraction of sp³-hybridized carbons (Fsp3) is 0.667. The lowest BCUT2D eigenvalue weighted by molar-refractivity contribution is -0.144. The van der Waals surface area contributed by atoms with Gasteiger partial charge in [0.2, 0.25) is 0 Å². The molecule has 0 saturated carbocycles. The molecule has 1 aliphatic heterocycles. The molecular formula is C6H12Cl2N2O4. The van der Waals surface area contributed by atoms with E-state index < -0.39 is 24.0 Å². The molecule has 6 nitrogen and oxygen atoms in total. The van der Waals surface area contributed by atoms with Crippen LogP contribution < -0.4 is 10.6 Å². The zero-order valence-electron chi connectivity index (χ0n) is 7.10. The first-order valence-corrected chi connectivity index (χ1v) is 3.53. The first-order chi connectivity index (χ1) is 5.61. The minimum Gasteiger partial charge on any atom is -0.480 e. The number of hydrogen-bond donors (Lipinski definition) is 4. The fourth-order valence-electron chi connectivity index (χ4n) is 1.01. The van der Waals surface area contributed by atoms with Gasteiger partial charge in [-0.05, 0) is 0 Å². The van der Waals surface area contributed by atoms with Crippen LogP contribution in [-0.4, -0.2) is 47.3 Å². The minimum atomic E-state index is -0.966. The highest BCUT2D eigenvalue weighted by molar-refractivity contribution is 5.85. The average molecular weight is 247 g/mol. The van der Waals surface area contributed by atoms with Gasteiger partial charge in [-0.1, -0.05) is 0 Å². The molecular weight excluding hydrogens is 235 g/mol. The Balaban J connectivity index is 0. The van der Waals surface area contributed by atoms with Crippen molar-refractivity contribution in [1.82, 2.24) is 10.6 Å². The van der Waals surface area contributed by atoms with Gasteiger partial charge >= 0.3 is 11.9 Å². The number of piperazine rings is 1. The van der Waals surface area contributed by atoms with Gasteiger partial charge in [0, 0.05) is 13.1 Å². The molecule has 0 radical (unpaired) electrons. The first kappa shape index (κ1) is 15.9. The van der Waals surface area contributed by atoms with Crippen LogP contribution in [0.5, 0.6) is 0 Å². The van der Waals surface area contributed by atoms with Gasteiger partial charge in [-0.25, -0.2) is 0 Å². The second-order valence-electron chi connectivity index (χ2n) is 2.60. The van der Waals surface area contributed by atoms with Crippen LogP contribution in [0.4, 0.5) is 0 Å². The molecule has 0 spiro atoms. The summed E-state index contributed by atoms with van der Waals surface area (Å²) in [5.41, 5.74) is 0. The monoisotopic (exact) mass is 246 g/mol. The molecule has 2 unspecified atom stereocenters. The Morgan fingerprint density at radius 1 is 0.929 bits per heavy atom. The number of carboxylic acid groups (broad SMARTS) is 2. The van der Waals surface area contributed by atoms with Crippen LogP contribution in [0.3, 0.4) is 0 Å². The van der Waals surface area contributed by atoms with Gasteiger partial charge in [-0.2, -0.15) is 0 Å². The van der Waals surface area contributed by atoms with Crippen molar-refractivity contribution in [3.05, 3.63) is 0 Å². The van der Waals surface area contributed by atoms with Gasteiger partial charge in [-0.3, -0.25) is 9.59 Å². The highest BCUT2D eigenvalue weighted by Gasteiger charge is 2.28. The van der Waals surface area contributed by atoms with E-state index in [1.165, 1.54) is 0 Å². The van der Waals surface area contributed by atoms with E-state index in [9.17, 15) is 9.59 Å². The maximum atomic E-state index is 10.4. The number of rotatable bonds is 2. The minimum absolute atomic E-state index is 0. The summed E-state index contributed by atoms with van der Waals surface area (Å²) >= 11 is 0. The Kier molecular flexibility index (Phi) is 7.75. The zero-order chi connectivity index (χ0) is 9.14. The summed E-state index contributed by atoms with van der Waals surface area (Å²) in [5.74, 6) is -1.93. The molecule has 1 rings (SSSR count). The standard InChI is InChI=1S/C6H10N2O4.2ClH/c9-5(10)3-1-7-4(2-8-3)6(11)12;;/h3-4,7-8H,1-2H2,(H,9,10)(H,11,12);2*1H. The highest BCUT2D eigenvalue weighted by atomic mass is 35.5. The summed E-state index contributed by atoms with van der Waals surface area (Å²) < 4.78 is 0. The van der Waals surface area contributed by atoms with Crippen molar-refractivity contribution in [2.75, 3.05) is 13.1 Å². The lowest BCUT2D eigenvalue weighted by Crippen LogP contribution is -2.59. The van der Waals surface area contributed by atoms with Crippen LogP contribution in [0.15, 0.2) is 0 Å². The van der Waals surface area contributed by atoms with Gasteiger partial charge < -0.3 is 20.8 Å². The Hall–Kier alpha value is -0.560. The van der Waals surface area contributed by atoms with Crippen molar-refractivity contribution < 1.29 is 19.8 Å². The number of aliphatic carboxylic acids is 2. The van der Waals surface area contributed by atoms with Crippen molar-refractivity contribution >= 4 is 36.8 Å².